The number of hydrogen-bond donors (Lipinski definition) is 0. The fourth-order valence-corrected chi connectivity index (χ4v) is 3.77. The zero-order chi connectivity index (χ0) is 11.9. The summed E-state index contributed by atoms with van der Waals surface area (Å²) >= 11 is 0. The van der Waals surface area contributed by atoms with Gasteiger partial charge in [0.15, 0.2) is 0 Å². The van der Waals surface area contributed by atoms with Crippen LogP contribution in [0.5, 0.6) is 0 Å². The molecular weight excluding hydrogens is 204 g/mol. The van der Waals surface area contributed by atoms with Crippen LogP contribution >= 0.6 is 0 Å². The first-order valence-corrected chi connectivity index (χ1v) is 6.25. The van der Waals surface area contributed by atoms with Crippen molar-refractivity contribution in [1.82, 2.24) is 0 Å². The fourth-order valence-electron chi connectivity index (χ4n) is 3.77. The van der Waals surface area contributed by atoms with Gasteiger partial charge in [0, 0.05) is 11.8 Å². The van der Waals surface area contributed by atoms with Crippen molar-refractivity contribution < 1.29 is 14.3 Å². The maximum absolute atomic E-state index is 11.7. The third-order valence-electron chi connectivity index (χ3n) is 4.54. The van der Waals surface area contributed by atoms with Crippen molar-refractivity contribution in [1.29, 1.82) is 0 Å². The van der Waals surface area contributed by atoms with Gasteiger partial charge in [-0.1, -0.05) is 20.3 Å². The third-order valence-corrected chi connectivity index (χ3v) is 4.54. The largest absolute Gasteiger partial charge is 0.462 e. The molecule has 1 heterocycles. The first-order chi connectivity index (χ1) is 7.60. The smallest absolute Gasteiger partial charge is 0.309 e. The molecule has 0 bridgehead atoms. The number of aldehydes is 1. The molecule has 1 aliphatic carbocycles. The van der Waals surface area contributed by atoms with Crippen LogP contribution in [0.15, 0.2) is 0 Å². The summed E-state index contributed by atoms with van der Waals surface area (Å²) in [7, 11) is 0. The monoisotopic (exact) mass is 224 g/mol. The Kier molecular flexibility index (Phi) is 3.04. The minimum atomic E-state index is -0.0919. The Hall–Kier alpha value is -0.860. The van der Waals surface area contributed by atoms with Gasteiger partial charge in [-0.2, -0.15) is 0 Å². The van der Waals surface area contributed by atoms with Crippen LogP contribution in [0.4, 0.5) is 0 Å². The summed E-state index contributed by atoms with van der Waals surface area (Å²) in [6.45, 7) is 6.19. The number of esters is 1. The van der Waals surface area contributed by atoms with Crippen molar-refractivity contribution in [3.8, 4) is 0 Å². The number of rotatable bonds is 2. The molecular formula is C13H20O3. The summed E-state index contributed by atoms with van der Waals surface area (Å²) in [5.41, 5.74) is 0. The van der Waals surface area contributed by atoms with Gasteiger partial charge in [-0.15, -0.1) is 0 Å². The van der Waals surface area contributed by atoms with Crippen LogP contribution in [0.1, 0.15) is 33.6 Å². The molecule has 6 unspecified atom stereocenters. The van der Waals surface area contributed by atoms with E-state index in [2.05, 4.69) is 13.8 Å². The Bertz CT molecular complexity index is 300. The number of carbonyl (C=O) groups is 2. The minimum absolute atomic E-state index is 0.000185. The lowest BCUT2D eigenvalue weighted by molar-refractivity contribution is -0.144. The Labute approximate surface area is 96.5 Å². The molecule has 1 saturated carbocycles. The Balaban J connectivity index is 2.29. The van der Waals surface area contributed by atoms with Gasteiger partial charge < -0.3 is 9.53 Å². The predicted molar refractivity (Wildman–Crippen MR) is 59.7 cm³/mol. The van der Waals surface area contributed by atoms with Gasteiger partial charge in [0.05, 0.1) is 5.92 Å². The third kappa shape index (κ3) is 1.57. The van der Waals surface area contributed by atoms with E-state index in [9.17, 15) is 9.59 Å². The van der Waals surface area contributed by atoms with E-state index in [0.29, 0.717) is 11.8 Å². The van der Waals surface area contributed by atoms with Gasteiger partial charge in [-0.3, -0.25) is 4.79 Å². The molecule has 0 spiro atoms. The topological polar surface area (TPSA) is 43.4 Å². The molecule has 2 rings (SSSR count). The van der Waals surface area contributed by atoms with Gasteiger partial charge in [-0.25, -0.2) is 0 Å². The predicted octanol–water partition coefficient (Wildman–Crippen LogP) is 2.05. The number of hydrogen-bond acceptors (Lipinski definition) is 3. The summed E-state index contributed by atoms with van der Waals surface area (Å²) in [6, 6.07) is 0. The lowest BCUT2D eigenvalue weighted by Crippen LogP contribution is -2.42. The quantitative estimate of drug-likeness (QED) is 0.532. The van der Waals surface area contributed by atoms with Crippen LogP contribution in [0.3, 0.4) is 0 Å². The standard InChI is InChI=1S/C13H20O3/c1-4-9-7(2)5-10-12(11(9)6-14)8(3)16-13(10)15/h6-12H,4-5H2,1-3H3. The normalized spacial score (nSPS) is 47.3. The summed E-state index contributed by atoms with van der Waals surface area (Å²) in [5.74, 6) is 0.843. The fraction of sp³-hybridized carbons (Fsp3) is 0.846. The second-order valence-electron chi connectivity index (χ2n) is 5.32. The Morgan fingerprint density at radius 1 is 1.44 bits per heavy atom. The molecule has 3 nitrogen and oxygen atoms in total. The number of carbonyl (C=O) groups excluding carboxylic acids is 2. The first-order valence-electron chi connectivity index (χ1n) is 6.25. The molecule has 16 heavy (non-hydrogen) atoms. The lowest BCUT2D eigenvalue weighted by Gasteiger charge is -2.40. The van der Waals surface area contributed by atoms with Gasteiger partial charge in [-0.05, 0) is 25.2 Å². The van der Waals surface area contributed by atoms with Gasteiger partial charge >= 0.3 is 5.97 Å². The van der Waals surface area contributed by atoms with Gasteiger partial charge in [0.25, 0.3) is 0 Å². The van der Waals surface area contributed by atoms with Crippen LogP contribution in [0.25, 0.3) is 0 Å². The minimum Gasteiger partial charge on any atom is -0.462 e. The van der Waals surface area contributed by atoms with Crippen LogP contribution in [-0.4, -0.2) is 18.4 Å². The van der Waals surface area contributed by atoms with Crippen molar-refractivity contribution in [2.45, 2.75) is 39.7 Å². The maximum Gasteiger partial charge on any atom is 0.309 e. The van der Waals surface area contributed by atoms with Crippen molar-refractivity contribution in [3.05, 3.63) is 0 Å². The molecule has 0 aromatic heterocycles. The molecule has 90 valence electrons. The molecule has 2 aliphatic rings. The Morgan fingerprint density at radius 2 is 2.12 bits per heavy atom. The molecule has 0 N–H and O–H groups in total. The highest BCUT2D eigenvalue weighted by Crippen LogP contribution is 2.48. The van der Waals surface area contributed by atoms with Crippen molar-refractivity contribution >= 4 is 12.3 Å². The molecule has 2 fully saturated rings. The molecule has 3 heteroatoms. The summed E-state index contributed by atoms with van der Waals surface area (Å²) in [5, 5.41) is 0. The highest BCUT2D eigenvalue weighted by atomic mass is 16.6. The van der Waals surface area contributed by atoms with Crippen LogP contribution < -0.4 is 0 Å². The molecule has 6 atom stereocenters. The maximum atomic E-state index is 11.7. The van der Waals surface area contributed by atoms with E-state index in [0.717, 1.165) is 19.1 Å². The summed E-state index contributed by atoms with van der Waals surface area (Å²) < 4.78 is 5.28. The first kappa shape index (κ1) is 11.6. The molecule has 0 aromatic carbocycles. The van der Waals surface area contributed by atoms with Gasteiger partial charge in [0.2, 0.25) is 0 Å². The van der Waals surface area contributed by atoms with E-state index in [-0.39, 0.29) is 29.8 Å². The number of cyclic esters (lactones) is 1. The van der Waals surface area contributed by atoms with E-state index in [1.165, 1.54) is 0 Å². The zero-order valence-electron chi connectivity index (χ0n) is 10.2. The van der Waals surface area contributed by atoms with Crippen molar-refractivity contribution in [2.24, 2.45) is 29.6 Å². The zero-order valence-corrected chi connectivity index (χ0v) is 10.2. The molecule has 0 aromatic rings. The number of ether oxygens (including phenoxy) is 1. The van der Waals surface area contributed by atoms with E-state index >= 15 is 0 Å². The van der Waals surface area contributed by atoms with Gasteiger partial charge in [0.1, 0.15) is 12.4 Å². The van der Waals surface area contributed by atoms with E-state index in [1.807, 2.05) is 6.92 Å². The molecule has 0 radical (unpaired) electrons. The highest BCUT2D eigenvalue weighted by Gasteiger charge is 2.52. The number of fused-ring (bicyclic) bond motifs is 1. The average molecular weight is 224 g/mol. The summed E-state index contributed by atoms with van der Waals surface area (Å²) in [6.07, 6.45) is 2.86. The second-order valence-corrected chi connectivity index (χ2v) is 5.32. The lowest BCUT2D eigenvalue weighted by atomic mass is 9.61. The molecule has 1 saturated heterocycles. The molecule has 1 aliphatic heterocycles. The van der Waals surface area contributed by atoms with E-state index in [1.54, 1.807) is 0 Å². The molecule has 0 amide bonds. The average Bonchev–Trinajstić information content (AvgIpc) is 2.52. The SMILES string of the molecule is CCC1C(C)CC2C(=O)OC(C)C2C1C=O. The van der Waals surface area contributed by atoms with Crippen LogP contribution in [0.2, 0.25) is 0 Å². The highest BCUT2D eigenvalue weighted by molar-refractivity contribution is 5.76. The Morgan fingerprint density at radius 3 is 2.69 bits per heavy atom. The van der Waals surface area contributed by atoms with E-state index < -0.39 is 0 Å². The summed E-state index contributed by atoms with van der Waals surface area (Å²) in [4.78, 5) is 23.0. The van der Waals surface area contributed by atoms with Crippen LogP contribution in [0, 0.1) is 29.6 Å². The second kappa shape index (κ2) is 4.19. The van der Waals surface area contributed by atoms with Crippen LogP contribution in [-0.2, 0) is 14.3 Å². The van der Waals surface area contributed by atoms with Crippen molar-refractivity contribution in [3.63, 3.8) is 0 Å². The van der Waals surface area contributed by atoms with Crippen molar-refractivity contribution in [2.75, 3.05) is 0 Å². The van der Waals surface area contributed by atoms with E-state index in [4.69, 9.17) is 4.74 Å².